The van der Waals surface area contributed by atoms with Crippen LogP contribution in [-0.4, -0.2) is 24.3 Å². The number of esters is 1. The molecule has 0 aromatic heterocycles. The summed E-state index contributed by atoms with van der Waals surface area (Å²) in [5.41, 5.74) is -0.430. The van der Waals surface area contributed by atoms with Gasteiger partial charge in [-0.15, -0.1) is 6.58 Å². The summed E-state index contributed by atoms with van der Waals surface area (Å²) in [4.78, 5) is 11.8. The van der Waals surface area contributed by atoms with Gasteiger partial charge in [-0.05, 0) is 33.6 Å². The van der Waals surface area contributed by atoms with E-state index in [1.54, 1.807) is 6.08 Å². The minimum atomic E-state index is -0.430. The molecule has 0 unspecified atom stereocenters. The molecule has 1 heterocycles. The van der Waals surface area contributed by atoms with Gasteiger partial charge in [-0.1, -0.05) is 6.08 Å². The SMILES string of the molecule is C=C[C@@H]1OCCC[C@@H]1C(=O)OC(C)(C)C. The van der Waals surface area contributed by atoms with Crippen LogP contribution in [-0.2, 0) is 14.3 Å². The number of carbonyl (C=O) groups is 1. The van der Waals surface area contributed by atoms with Gasteiger partial charge in [0.1, 0.15) is 5.60 Å². The number of hydrogen-bond acceptors (Lipinski definition) is 3. The maximum absolute atomic E-state index is 11.8. The van der Waals surface area contributed by atoms with Gasteiger partial charge in [-0.2, -0.15) is 0 Å². The number of rotatable bonds is 2. The van der Waals surface area contributed by atoms with E-state index in [1.807, 2.05) is 20.8 Å². The first-order valence-electron chi connectivity index (χ1n) is 5.41. The molecule has 15 heavy (non-hydrogen) atoms. The van der Waals surface area contributed by atoms with Crippen LogP contribution in [0.5, 0.6) is 0 Å². The molecule has 0 radical (unpaired) electrons. The predicted octanol–water partition coefficient (Wildman–Crippen LogP) is 2.31. The Bertz CT molecular complexity index is 240. The van der Waals surface area contributed by atoms with Gasteiger partial charge in [0, 0.05) is 6.61 Å². The van der Waals surface area contributed by atoms with Crippen molar-refractivity contribution in [1.29, 1.82) is 0 Å². The maximum atomic E-state index is 11.8. The van der Waals surface area contributed by atoms with Crippen LogP contribution in [0.15, 0.2) is 12.7 Å². The van der Waals surface area contributed by atoms with Crippen molar-refractivity contribution in [2.75, 3.05) is 6.61 Å². The standard InChI is InChI=1S/C12H20O3/c1-5-10-9(7-6-8-14-10)11(13)15-12(2,3)4/h5,9-10H,1,6-8H2,2-4H3/t9-,10-/m0/s1. The fourth-order valence-corrected chi connectivity index (χ4v) is 1.66. The first kappa shape index (κ1) is 12.2. The predicted molar refractivity (Wildman–Crippen MR) is 58.5 cm³/mol. The van der Waals surface area contributed by atoms with Crippen molar-refractivity contribution in [2.24, 2.45) is 5.92 Å². The van der Waals surface area contributed by atoms with Gasteiger partial charge in [0.25, 0.3) is 0 Å². The lowest BCUT2D eigenvalue weighted by Crippen LogP contribution is -2.38. The molecule has 0 aliphatic carbocycles. The lowest BCUT2D eigenvalue weighted by Gasteiger charge is -2.30. The van der Waals surface area contributed by atoms with Crippen molar-refractivity contribution in [3.8, 4) is 0 Å². The largest absolute Gasteiger partial charge is 0.460 e. The van der Waals surface area contributed by atoms with Crippen LogP contribution >= 0.6 is 0 Å². The molecule has 1 rings (SSSR count). The molecule has 2 atom stereocenters. The summed E-state index contributed by atoms with van der Waals surface area (Å²) in [7, 11) is 0. The topological polar surface area (TPSA) is 35.5 Å². The molecular formula is C12H20O3. The minimum absolute atomic E-state index is 0.174. The molecule has 0 aromatic rings. The Balaban J connectivity index is 2.60. The van der Waals surface area contributed by atoms with Crippen LogP contribution in [0.3, 0.4) is 0 Å². The van der Waals surface area contributed by atoms with Gasteiger partial charge in [0.05, 0.1) is 12.0 Å². The molecule has 0 amide bonds. The zero-order chi connectivity index (χ0) is 11.5. The fourth-order valence-electron chi connectivity index (χ4n) is 1.66. The summed E-state index contributed by atoms with van der Waals surface area (Å²) in [5, 5.41) is 0. The van der Waals surface area contributed by atoms with Crippen LogP contribution in [0.4, 0.5) is 0 Å². The summed E-state index contributed by atoms with van der Waals surface area (Å²) in [5.74, 6) is -0.359. The van der Waals surface area contributed by atoms with Gasteiger partial charge >= 0.3 is 5.97 Å². The molecule has 0 spiro atoms. The first-order valence-corrected chi connectivity index (χ1v) is 5.41. The lowest BCUT2D eigenvalue weighted by atomic mass is 9.94. The molecule has 3 nitrogen and oxygen atoms in total. The first-order chi connectivity index (χ1) is 6.94. The average molecular weight is 212 g/mol. The van der Waals surface area contributed by atoms with E-state index < -0.39 is 5.60 Å². The highest BCUT2D eigenvalue weighted by Crippen LogP contribution is 2.24. The zero-order valence-electron chi connectivity index (χ0n) is 9.79. The second-order valence-electron chi connectivity index (χ2n) is 4.85. The lowest BCUT2D eigenvalue weighted by molar-refractivity contribution is -0.167. The molecule has 1 aliphatic heterocycles. The molecule has 86 valence electrons. The Morgan fingerprint density at radius 2 is 2.20 bits per heavy atom. The number of hydrogen-bond donors (Lipinski definition) is 0. The molecule has 0 aromatic carbocycles. The van der Waals surface area contributed by atoms with Gasteiger partial charge in [0.2, 0.25) is 0 Å². The smallest absolute Gasteiger partial charge is 0.312 e. The van der Waals surface area contributed by atoms with Crippen molar-refractivity contribution in [3.63, 3.8) is 0 Å². The van der Waals surface area contributed by atoms with E-state index in [-0.39, 0.29) is 18.0 Å². The van der Waals surface area contributed by atoms with Crippen molar-refractivity contribution in [1.82, 2.24) is 0 Å². The number of carbonyl (C=O) groups excluding carboxylic acids is 1. The third kappa shape index (κ3) is 3.67. The van der Waals surface area contributed by atoms with E-state index in [0.29, 0.717) is 6.61 Å². The van der Waals surface area contributed by atoms with Crippen LogP contribution in [0, 0.1) is 5.92 Å². The summed E-state index contributed by atoms with van der Waals surface area (Å²) in [6.45, 7) is 10.0. The molecule has 0 N–H and O–H groups in total. The number of ether oxygens (including phenoxy) is 2. The van der Waals surface area contributed by atoms with E-state index in [4.69, 9.17) is 9.47 Å². The van der Waals surface area contributed by atoms with Crippen molar-refractivity contribution >= 4 is 5.97 Å². The minimum Gasteiger partial charge on any atom is -0.460 e. The van der Waals surface area contributed by atoms with E-state index in [1.165, 1.54) is 0 Å². The van der Waals surface area contributed by atoms with Crippen LogP contribution < -0.4 is 0 Å². The van der Waals surface area contributed by atoms with Gasteiger partial charge < -0.3 is 9.47 Å². The molecule has 1 saturated heterocycles. The van der Waals surface area contributed by atoms with E-state index >= 15 is 0 Å². The van der Waals surface area contributed by atoms with Crippen molar-refractivity contribution < 1.29 is 14.3 Å². The van der Waals surface area contributed by atoms with E-state index in [2.05, 4.69) is 6.58 Å². The highest BCUT2D eigenvalue weighted by molar-refractivity contribution is 5.74. The van der Waals surface area contributed by atoms with E-state index in [0.717, 1.165) is 12.8 Å². The van der Waals surface area contributed by atoms with Gasteiger partial charge in [-0.25, -0.2) is 0 Å². The zero-order valence-corrected chi connectivity index (χ0v) is 9.79. The molecule has 3 heteroatoms. The normalized spacial score (nSPS) is 27.1. The second kappa shape index (κ2) is 4.79. The Morgan fingerprint density at radius 1 is 1.53 bits per heavy atom. The fraction of sp³-hybridized carbons (Fsp3) is 0.750. The highest BCUT2D eigenvalue weighted by Gasteiger charge is 2.33. The van der Waals surface area contributed by atoms with Crippen LogP contribution in [0.25, 0.3) is 0 Å². The quantitative estimate of drug-likeness (QED) is 0.520. The van der Waals surface area contributed by atoms with Crippen LogP contribution in [0.2, 0.25) is 0 Å². The Kier molecular flexibility index (Phi) is 3.91. The van der Waals surface area contributed by atoms with E-state index in [9.17, 15) is 4.79 Å². The second-order valence-corrected chi connectivity index (χ2v) is 4.85. The van der Waals surface area contributed by atoms with Gasteiger partial charge in [0.15, 0.2) is 0 Å². The monoisotopic (exact) mass is 212 g/mol. The summed E-state index contributed by atoms with van der Waals surface area (Å²) in [6, 6.07) is 0. The van der Waals surface area contributed by atoms with Crippen LogP contribution in [0.1, 0.15) is 33.6 Å². The van der Waals surface area contributed by atoms with Crippen molar-refractivity contribution in [2.45, 2.75) is 45.3 Å². The average Bonchev–Trinajstić information content (AvgIpc) is 2.15. The highest BCUT2D eigenvalue weighted by atomic mass is 16.6. The molecular weight excluding hydrogens is 192 g/mol. The molecule has 0 saturated carbocycles. The molecule has 0 bridgehead atoms. The molecule has 1 aliphatic rings. The third-order valence-electron chi connectivity index (χ3n) is 2.31. The van der Waals surface area contributed by atoms with Gasteiger partial charge in [-0.3, -0.25) is 4.79 Å². The summed E-state index contributed by atoms with van der Waals surface area (Å²) < 4.78 is 10.8. The maximum Gasteiger partial charge on any atom is 0.312 e. The summed E-state index contributed by atoms with van der Waals surface area (Å²) in [6.07, 6.45) is 3.24. The Labute approximate surface area is 91.4 Å². The third-order valence-corrected chi connectivity index (χ3v) is 2.31. The Hall–Kier alpha value is -0.830. The Morgan fingerprint density at radius 3 is 2.73 bits per heavy atom. The van der Waals surface area contributed by atoms with Crippen molar-refractivity contribution in [3.05, 3.63) is 12.7 Å². The summed E-state index contributed by atoms with van der Waals surface area (Å²) >= 11 is 0. The molecule has 1 fully saturated rings.